The van der Waals surface area contributed by atoms with Crippen molar-refractivity contribution < 1.29 is 9.18 Å². The number of amides is 1. The van der Waals surface area contributed by atoms with E-state index in [4.69, 9.17) is 11.5 Å². The highest BCUT2D eigenvalue weighted by atomic mass is 35.5. The number of likely N-dealkylation sites (tertiary alicyclic amines) is 1. The minimum absolute atomic E-state index is 0. The zero-order chi connectivity index (χ0) is 22.5. The van der Waals surface area contributed by atoms with Crippen LogP contribution in [0.25, 0.3) is 11.1 Å². The van der Waals surface area contributed by atoms with Gasteiger partial charge in [-0.3, -0.25) is 4.79 Å². The van der Waals surface area contributed by atoms with Gasteiger partial charge in [0.05, 0.1) is 11.4 Å². The molecule has 1 heterocycles. The van der Waals surface area contributed by atoms with Gasteiger partial charge in [-0.1, -0.05) is 24.3 Å². The van der Waals surface area contributed by atoms with Gasteiger partial charge in [-0.2, -0.15) is 0 Å². The highest BCUT2D eigenvalue weighted by Crippen LogP contribution is 2.26. The molecule has 0 radical (unpaired) electrons. The van der Waals surface area contributed by atoms with Crippen LogP contribution >= 0.6 is 12.4 Å². The summed E-state index contributed by atoms with van der Waals surface area (Å²) in [4.78, 5) is 17.5. The van der Waals surface area contributed by atoms with Crippen LogP contribution in [0.3, 0.4) is 0 Å². The molecule has 1 saturated heterocycles. The van der Waals surface area contributed by atoms with Crippen LogP contribution in [-0.2, 0) is 6.54 Å². The average Bonchev–Trinajstić information content (AvgIpc) is 3.32. The molecule has 0 aliphatic carbocycles. The molecule has 3 aromatic rings. The van der Waals surface area contributed by atoms with Crippen molar-refractivity contribution in [2.75, 3.05) is 37.6 Å². The molecule has 0 unspecified atom stereocenters. The van der Waals surface area contributed by atoms with Gasteiger partial charge < -0.3 is 21.3 Å². The Hall–Kier alpha value is -3.09. The molecule has 7 heteroatoms. The quantitative estimate of drug-likeness (QED) is 0.487. The van der Waals surface area contributed by atoms with Crippen LogP contribution in [0.2, 0.25) is 0 Å². The van der Waals surface area contributed by atoms with Crippen LogP contribution < -0.4 is 11.5 Å². The molecule has 1 amide bonds. The lowest BCUT2D eigenvalue weighted by molar-refractivity contribution is 0.0727. The number of nitrogens with two attached hydrogens (primary N) is 2. The first-order valence-electron chi connectivity index (χ1n) is 11.0. The van der Waals surface area contributed by atoms with E-state index in [1.807, 2.05) is 35.2 Å². The third kappa shape index (κ3) is 6.24. The summed E-state index contributed by atoms with van der Waals surface area (Å²) in [5.74, 6) is -0.438. The van der Waals surface area contributed by atoms with Crippen LogP contribution in [0.1, 0.15) is 28.8 Å². The molecular weight excluding hydrogens is 439 g/mol. The molecule has 1 aliphatic rings. The van der Waals surface area contributed by atoms with Crippen molar-refractivity contribution >= 4 is 29.7 Å². The molecule has 1 fully saturated rings. The molecule has 0 bridgehead atoms. The van der Waals surface area contributed by atoms with E-state index in [9.17, 15) is 9.18 Å². The third-order valence-electron chi connectivity index (χ3n) is 5.98. The molecule has 5 nitrogen and oxygen atoms in total. The second-order valence-electron chi connectivity index (χ2n) is 8.33. The van der Waals surface area contributed by atoms with Crippen molar-refractivity contribution in [3.05, 3.63) is 83.7 Å². The normalized spacial score (nSPS) is 13.5. The van der Waals surface area contributed by atoms with E-state index in [0.29, 0.717) is 30.0 Å². The monoisotopic (exact) mass is 468 g/mol. The second kappa shape index (κ2) is 11.2. The summed E-state index contributed by atoms with van der Waals surface area (Å²) < 4.78 is 13.4. The number of anilines is 2. The Morgan fingerprint density at radius 2 is 1.61 bits per heavy atom. The van der Waals surface area contributed by atoms with E-state index in [0.717, 1.165) is 36.3 Å². The fourth-order valence-electron chi connectivity index (χ4n) is 4.12. The van der Waals surface area contributed by atoms with Crippen molar-refractivity contribution in [1.29, 1.82) is 0 Å². The van der Waals surface area contributed by atoms with Gasteiger partial charge in [0.2, 0.25) is 0 Å². The summed E-state index contributed by atoms with van der Waals surface area (Å²) in [7, 11) is 0. The van der Waals surface area contributed by atoms with E-state index in [2.05, 4.69) is 11.0 Å². The van der Waals surface area contributed by atoms with Crippen LogP contribution in [-0.4, -0.2) is 41.9 Å². The van der Waals surface area contributed by atoms with Crippen molar-refractivity contribution in [2.45, 2.75) is 19.4 Å². The molecule has 33 heavy (non-hydrogen) atoms. The molecule has 0 saturated carbocycles. The van der Waals surface area contributed by atoms with E-state index < -0.39 is 0 Å². The smallest absolute Gasteiger partial charge is 0.254 e. The first kappa shape index (κ1) is 24.6. The number of carbonyl (C=O) groups is 1. The predicted molar refractivity (Wildman–Crippen MR) is 135 cm³/mol. The fourth-order valence-corrected chi connectivity index (χ4v) is 4.12. The number of benzene rings is 3. The molecule has 0 aromatic heterocycles. The van der Waals surface area contributed by atoms with Crippen molar-refractivity contribution in [1.82, 2.24) is 9.80 Å². The summed E-state index contributed by atoms with van der Waals surface area (Å²) in [5, 5.41) is 0. The molecule has 4 rings (SSSR count). The predicted octanol–water partition coefficient (Wildman–Crippen LogP) is 4.82. The lowest BCUT2D eigenvalue weighted by Gasteiger charge is -2.26. The van der Waals surface area contributed by atoms with Crippen LogP contribution in [0, 0.1) is 5.82 Å². The maximum atomic E-state index is 13.4. The SMILES string of the molecule is Cl.Nc1ccc(-c2cccc(CN(CCN3CCCC3)C(=O)c3ccc(F)cc3)c2)cc1N. The first-order chi connectivity index (χ1) is 15.5. The maximum absolute atomic E-state index is 13.4. The third-order valence-corrected chi connectivity index (χ3v) is 5.98. The second-order valence-corrected chi connectivity index (χ2v) is 8.33. The highest BCUT2D eigenvalue weighted by Gasteiger charge is 2.19. The summed E-state index contributed by atoms with van der Waals surface area (Å²) in [5.41, 5.74) is 16.5. The Balaban J connectivity index is 0.00000306. The lowest BCUT2D eigenvalue weighted by atomic mass is 10.0. The van der Waals surface area contributed by atoms with Gasteiger partial charge in [0, 0.05) is 25.2 Å². The minimum Gasteiger partial charge on any atom is -0.397 e. The fraction of sp³-hybridized carbons (Fsp3) is 0.269. The number of carbonyl (C=O) groups excluding carboxylic acids is 1. The maximum Gasteiger partial charge on any atom is 0.254 e. The zero-order valence-corrected chi connectivity index (χ0v) is 19.4. The summed E-state index contributed by atoms with van der Waals surface area (Å²) in [6.45, 7) is 4.08. The van der Waals surface area contributed by atoms with Crippen molar-refractivity contribution in [2.24, 2.45) is 0 Å². The number of nitrogen functional groups attached to an aromatic ring is 2. The zero-order valence-electron chi connectivity index (χ0n) is 18.5. The Labute approximate surface area is 200 Å². The minimum atomic E-state index is -0.347. The number of hydrogen-bond acceptors (Lipinski definition) is 4. The molecule has 174 valence electrons. The topological polar surface area (TPSA) is 75.6 Å². The Bertz CT molecular complexity index is 1080. The van der Waals surface area contributed by atoms with Gasteiger partial charge in [0.25, 0.3) is 5.91 Å². The molecule has 3 aromatic carbocycles. The molecule has 0 spiro atoms. The molecule has 4 N–H and O–H groups in total. The van der Waals surface area contributed by atoms with Gasteiger partial charge in [0.15, 0.2) is 0 Å². The average molecular weight is 469 g/mol. The lowest BCUT2D eigenvalue weighted by Crippen LogP contribution is -2.37. The number of nitrogens with zero attached hydrogens (tertiary/aromatic N) is 2. The van der Waals surface area contributed by atoms with E-state index >= 15 is 0 Å². The molecule has 1 aliphatic heterocycles. The number of halogens is 2. The van der Waals surface area contributed by atoms with Gasteiger partial charge in [-0.15, -0.1) is 12.4 Å². The van der Waals surface area contributed by atoms with Crippen molar-refractivity contribution in [3.63, 3.8) is 0 Å². The van der Waals surface area contributed by atoms with Crippen LogP contribution in [0.4, 0.5) is 15.8 Å². The Morgan fingerprint density at radius 3 is 2.30 bits per heavy atom. The summed E-state index contributed by atoms with van der Waals surface area (Å²) >= 11 is 0. The van der Waals surface area contributed by atoms with Crippen molar-refractivity contribution in [3.8, 4) is 11.1 Å². The standard InChI is InChI=1S/C26H29FN4O.ClH/c27-23-9-6-20(7-10-23)26(32)31(15-14-30-12-1-2-13-30)18-19-4-3-5-21(16-19)22-8-11-24(28)25(29)17-22;/h3-11,16-17H,1-2,12-15,18,28-29H2;1H. The molecular formula is C26H30ClFN4O. The van der Waals surface area contributed by atoms with Gasteiger partial charge in [0.1, 0.15) is 5.82 Å². The Kier molecular flexibility index (Phi) is 8.31. The summed E-state index contributed by atoms with van der Waals surface area (Å²) in [6, 6.07) is 19.5. The van der Waals surface area contributed by atoms with Crippen LogP contribution in [0.5, 0.6) is 0 Å². The number of rotatable bonds is 7. The first-order valence-corrected chi connectivity index (χ1v) is 11.0. The highest BCUT2D eigenvalue weighted by molar-refractivity contribution is 5.94. The largest absolute Gasteiger partial charge is 0.397 e. The van der Waals surface area contributed by atoms with Gasteiger partial charge in [-0.25, -0.2) is 4.39 Å². The van der Waals surface area contributed by atoms with E-state index in [-0.39, 0.29) is 24.1 Å². The molecule has 0 atom stereocenters. The Morgan fingerprint density at radius 1 is 0.909 bits per heavy atom. The van der Waals surface area contributed by atoms with Crippen LogP contribution in [0.15, 0.2) is 66.7 Å². The number of hydrogen-bond donors (Lipinski definition) is 2. The van der Waals surface area contributed by atoms with E-state index in [1.54, 1.807) is 18.2 Å². The van der Waals surface area contributed by atoms with Gasteiger partial charge >= 0.3 is 0 Å². The van der Waals surface area contributed by atoms with E-state index in [1.165, 1.54) is 25.0 Å². The summed E-state index contributed by atoms with van der Waals surface area (Å²) in [6.07, 6.45) is 2.41. The van der Waals surface area contributed by atoms with Gasteiger partial charge in [-0.05, 0) is 85.1 Å².